The van der Waals surface area contributed by atoms with Crippen LogP contribution in [0, 0.1) is 11.7 Å². The zero-order chi connectivity index (χ0) is 13.7. The van der Waals surface area contributed by atoms with Crippen LogP contribution in [-0.2, 0) is 9.59 Å². The molecule has 0 heterocycles. The van der Waals surface area contributed by atoms with Crippen molar-refractivity contribution in [2.24, 2.45) is 5.92 Å². The van der Waals surface area contributed by atoms with E-state index in [1.807, 2.05) is 13.8 Å². The molecule has 0 radical (unpaired) electrons. The van der Waals surface area contributed by atoms with E-state index >= 15 is 0 Å². The van der Waals surface area contributed by atoms with Gasteiger partial charge in [0.25, 0.3) is 0 Å². The van der Waals surface area contributed by atoms with E-state index < -0.39 is 11.9 Å². The molecule has 1 aromatic rings. The third kappa shape index (κ3) is 4.16. The molecule has 0 spiro atoms. The molecule has 1 atom stereocenters. The highest BCUT2D eigenvalue weighted by atomic mass is 19.1. The van der Waals surface area contributed by atoms with Crippen molar-refractivity contribution in [3.8, 4) is 0 Å². The summed E-state index contributed by atoms with van der Waals surface area (Å²) < 4.78 is 13.0. The lowest BCUT2D eigenvalue weighted by molar-refractivity contribution is -0.126. The van der Waals surface area contributed by atoms with Crippen molar-refractivity contribution in [1.29, 1.82) is 0 Å². The van der Waals surface area contributed by atoms with Crippen LogP contribution in [0.2, 0.25) is 0 Å². The Labute approximate surface area is 106 Å². The highest BCUT2D eigenvalue weighted by Crippen LogP contribution is 2.11. The normalized spacial score (nSPS) is 12.1. The average Bonchev–Trinajstić information content (AvgIpc) is 2.25. The van der Waals surface area contributed by atoms with E-state index in [2.05, 4.69) is 10.6 Å². The Morgan fingerprint density at radius 1 is 1.28 bits per heavy atom. The number of carbonyl (C=O) groups excluding carboxylic acids is 2. The van der Waals surface area contributed by atoms with Gasteiger partial charge in [0, 0.05) is 12.6 Å². The first-order chi connectivity index (χ1) is 8.40. The lowest BCUT2D eigenvalue weighted by atomic mass is 10.0. The molecule has 5 heteroatoms. The summed E-state index contributed by atoms with van der Waals surface area (Å²) in [5.41, 5.74) is 0.371. The van der Waals surface area contributed by atoms with E-state index in [-0.39, 0.29) is 17.7 Å². The summed E-state index contributed by atoms with van der Waals surface area (Å²) in [5.74, 6) is -1.11. The van der Waals surface area contributed by atoms with E-state index in [9.17, 15) is 14.0 Å². The number of amides is 2. The molecule has 1 aromatic carbocycles. The van der Waals surface area contributed by atoms with E-state index in [1.165, 1.54) is 25.1 Å². The van der Waals surface area contributed by atoms with Gasteiger partial charge in [-0.25, -0.2) is 4.39 Å². The molecule has 0 aliphatic carbocycles. The first-order valence-corrected chi connectivity index (χ1v) is 5.73. The lowest BCUT2D eigenvalue weighted by Crippen LogP contribution is -2.46. The predicted molar refractivity (Wildman–Crippen MR) is 67.5 cm³/mol. The molecule has 0 saturated carbocycles. The number of halogens is 1. The second-order valence-corrected chi connectivity index (χ2v) is 4.42. The molecule has 2 N–H and O–H groups in total. The van der Waals surface area contributed by atoms with Gasteiger partial charge in [-0.2, -0.15) is 0 Å². The van der Waals surface area contributed by atoms with E-state index in [4.69, 9.17) is 0 Å². The minimum absolute atomic E-state index is 0.0533. The molecule has 0 aliphatic rings. The zero-order valence-electron chi connectivity index (χ0n) is 10.7. The third-order valence-corrected chi connectivity index (χ3v) is 2.40. The fraction of sp³-hybridized carbons (Fsp3) is 0.385. The summed E-state index contributed by atoms with van der Waals surface area (Å²) in [4.78, 5) is 23.0. The maximum atomic E-state index is 13.0. The summed E-state index contributed by atoms with van der Waals surface area (Å²) in [6, 6.07) is 4.98. The molecule has 0 saturated heterocycles. The molecule has 0 bridgehead atoms. The van der Waals surface area contributed by atoms with Crippen molar-refractivity contribution in [3.63, 3.8) is 0 Å². The Hall–Kier alpha value is -1.91. The molecule has 98 valence electrons. The molecule has 0 aromatic heterocycles. The molecule has 1 rings (SSSR count). The number of carbonyl (C=O) groups is 2. The van der Waals surface area contributed by atoms with Crippen LogP contribution in [0.5, 0.6) is 0 Å². The van der Waals surface area contributed by atoms with Gasteiger partial charge in [-0.3, -0.25) is 9.59 Å². The standard InChI is InChI=1S/C13H17FN2O2/c1-8(2)12(15-9(3)17)13(18)16-11-6-4-5-10(14)7-11/h4-8,12H,1-3H3,(H,15,17)(H,16,18). The second kappa shape index (κ2) is 6.14. The van der Waals surface area contributed by atoms with Crippen molar-refractivity contribution in [2.75, 3.05) is 5.32 Å². The SMILES string of the molecule is CC(=O)NC(C(=O)Nc1cccc(F)c1)C(C)C. The van der Waals surface area contributed by atoms with Crippen LogP contribution in [0.3, 0.4) is 0 Å². The summed E-state index contributed by atoms with van der Waals surface area (Å²) in [6.07, 6.45) is 0. The van der Waals surface area contributed by atoms with Gasteiger partial charge < -0.3 is 10.6 Å². The number of nitrogens with one attached hydrogen (secondary N) is 2. The Morgan fingerprint density at radius 3 is 2.44 bits per heavy atom. The molecule has 18 heavy (non-hydrogen) atoms. The quantitative estimate of drug-likeness (QED) is 0.860. The minimum atomic E-state index is -0.634. The van der Waals surface area contributed by atoms with Gasteiger partial charge in [0.1, 0.15) is 11.9 Å². The van der Waals surface area contributed by atoms with Crippen LogP contribution in [0.15, 0.2) is 24.3 Å². The Balaban J connectivity index is 2.75. The highest BCUT2D eigenvalue weighted by Gasteiger charge is 2.22. The van der Waals surface area contributed by atoms with Gasteiger partial charge in [0.15, 0.2) is 0 Å². The maximum absolute atomic E-state index is 13.0. The monoisotopic (exact) mass is 252 g/mol. The van der Waals surface area contributed by atoms with Gasteiger partial charge in [-0.15, -0.1) is 0 Å². The lowest BCUT2D eigenvalue weighted by Gasteiger charge is -2.20. The topological polar surface area (TPSA) is 58.2 Å². The van der Waals surface area contributed by atoms with Crippen molar-refractivity contribution < 1.29 is 14.0 Å². The Morgan fingerprint density at radius 2 is 1.94 bits per heavy atom. The average molecular weight is 252 g/mol. The first kappa shape index (κ1) is 14.2. The smallest absolute Gasteiger partial charge is 0.247 e. The highest BCUT2D eigenvalue weighted by molar-refractivity contribution is 5.97. The zero-order valence-corrected chi connectivity index (χ0v) is 10.7. The van der Waals surface area contributed by atoms with E-state index in [0.717, 1.165) is 0 Å². The van der Waals surface area contributed by atoms with E-state index in [1.54, 1.807) is 6.07 Å². The molecule has 0 aliphatic heterocycles. The van der Waals surface area contributed by atoms with Crippen molar-refractivity contribution in [2.45, 2.75) is 26.8 Å². The summed E-state index contributed by atoms with van der Waals surface area (Å²) >= 11 is 0. The fourth-order valence-corrected chi connectivity index (χ4v) is 1.54. The number of benzene rings is 1. The van der Waals surface area contributed by atoms with Crippen LogP contribution in [0.1, 0.15) is 20.8 Å². The molecule has 4 nitrogen and oxygen atoms in total. The number of hydrogen-bond acceptors (Lipinski definition) is 2. The van der Waals surface area contributed by atoms with E-state index in [0.29, 0.717) is 5.69 Å². The summed E-state index contributed by atoms with van der Waals surface area (Å²) in [5, 5.41) is 5.15. The van der Waals surface area contributed by atoms with Gasteiger partial charge in [-0.1, -0.05) is 19.9 Å². The molecule has 2 amide bonds. The maximum Gasteiger partial charge on any atom is 0.247 e. The minimum Gasteiger partial charge on any atom is -0.344 e. The first-order valence-electron chi connectivity index (χ1n) is 5.73. The Bertz CT molecular complexity index is 446. The van der Waals surface area contributed by atoms with Gasteiger partial charge in [0.2, 0.25) is 11.8 Å². The van der Waals surface area contributed by atoms with Gasteiger partial charge >= 0.3 is 0 Å². The van der Waals surface area contributed by atoms with Crippen molar-refractivity contribution in [1.82, 2.24) is 5.32 Å². The Kier molecular flexibility index (Phi) is 4.83. The largest absolute Gasteiger partial charge is 0.344 e. The predicted octanol–water partition coefficient (Wildman–Crippen LogP) is 1.92. The number of anilines is 1. The van der Waals surface area contributed by atoms with Crippen LogP contribution in [0.25, 0.3) is 0 Å². The van der Waals surface area contributed by atoms with Crippen molar-refractivity contribution >= 4 is 17.5 Å². The molecule has 1 unspecified atom stereocenters. The van der Waals surface area contributed by atoms with Crippen LogP contribution in [-0.4, -0.2) is 17.9 Å². The van der Waals surface area contributed by atoms with Gasteiger partial charge in [-0.05, 0) is 24.1 Å². The molecular formula is C13H17FN2O2. The molecule has 0 fully saturated rings. The third-order valence-electron chi connectivity index (χ3n) is 2.40. The second-order valence-electron chi connectivity index (χ2n) is 4.42. The number of rotatable bonds is 4. The van der Waals surface area contributed by atoms with Crippen LogP contribution < -0.4 is 10.6 Å². The number of hydrogen-bond donors (Lipinski definition) is 2. The molecular weight excluding hydrogens is 235 g/mol. The summed E-state index contributed by atoms with van der Waals surface area (Å²) in [7, 11) is 0. The van der Waals surface area contributed by atoms with Crippen molar-refractivity contribution in [3.05, 3.63) is 30.1 Å². The van der Waals surface area contributed by atoms with Gasteiger partial charge in [0.05, 0.1) is 0 Å². The van der Waals surface area contributed by atoms with Crippen LogP contribution >= 0.6 is 0 Å². The summed E-state index contributed by atoms with van der Waals surface area (Å²) in [6.45, 7) is 5.00. The fourth-order valence-electron chi connectivity index (χ4n) is 1.54. The van der Waals surface area contributed by atoms with Crippen LogP contribution in [0.4, 0.5) is 10.1 Å².